The summed E-state index contributed by atoms with van der Waals surface area (Å²) >= 11 is 3.98. The van der Waals surface area contributed by atoms with E-state index in [1.165, 1.54) is 23.5 Å². The van der Waals surface area contributed by atoms with Gasteiger partial charge in [0, 0.05) is 31.4 Å². The molecule has 0 saturated carbocycles. The number of amides is 1. The van der Waals surface area contributed by atoms with Crippen molar-refractivity contribution in [3.05, 3.63) is 77.5 Å². The SMILES string of the molecule is CN(C)c1ccc(Cn2nccc2NC(=O)c2ccc(C3SCCCS3)cc2)cc1. The third-order valence-corrected chi connectivity index (χ3v) is 8.03. The topological polar surface area (TPSA) is 50.2 Å². The van der Waals surface area contributed by atoms with Crippen LogP contribution in [0, 0.1) is 0 Å². The summed E-state index contributed by atoms with van der Waals surface area (Å²) in [7, 11) is 4.05. The molecular formula is C23H26N4OS2. The molecule has 0 unspecified atom stereocenters. The summed E-state index contributed by atoms with van der Waals surface area (Å²) in [6.07, 6.45) is 2.99. The van der Waals surface area contributed by atoms with Gasteiger partial charge in [0.15, 0.2) is 0 Å². The maximum Gasteiger partial charge on any atom is 0.256 e. The first kappa shape index (κ1) is 20.9. The summed E-state index contributed by atoms with van der Waals surface area (Å²) < 4.78 is 2.29. The molecule has 3 aromatic rings. The van der Waals surface area contributed by atoms with Crippen LogP contribution in [-0.4, -0.2) is 41.3 Å². The molecule has 1 aliphatic heterocycles. The highest BCUT2D eigenvalue weighted by atomic mass is 32.2. The Morgan fingerprint density at radius 1 is 1.07 bits per heavy atom. The number of hydrogen-bond acceptors (Lipinski definition) is 5. The lowest BCUT2D eigenvalue weighted by Crippen LogP contribution is -2.16. The molecule has 0 spiro atoms. The summed E-state index contributed by atoms with van der Waals surface area (Å²) in [5.41, 5.74) is 4.23. The lowest BCUT2D eigenvalue weighted by Gasteiger charge is -2.21. The number of nitrogens with one attached hydrogen (secondary N) is 1. The molecule has 0 bridgehead atoms. The number of benzene rings is 2. The summed E-state index contributed by atoms with van der Waals surface area (Å²) in [5, 5.41) is 7.38. The van der Waals surface area contributed by atoms with E-state index in [4.69, 9.17) is 0 Å². The summed E-state index contributed by atoms with van der Waals surface area (Å²) in [6, 6.07) is 18.2. The third kappa shape index (κ3) is 5.02. The molecule has 2 heterocycles. The number of anilines is 2. The molecule has 7 heteroatoms. The van der Waals surface area contributed by atoms with Crippen LogP contribution in [0.25, 0.3) is 0 Å². The minimum atomic E-state index is -0.116. The maximum atomic E-state index is 12.8. The number of hydrogen-bond donors (Lipinski definition) is 1. The minimum Gasteiger partial charge on any atom is -0.378 e. The second-order valence-electron chi connectivity index (χ2n) is 7.44. The Hall–Kier alpha value is -2.38. The molecule has 2 aromatic carbocycles. The zero-order chi connectivity index (χ0) is 20.9. The first-order chi connectivity index (χ1) is 14.6. The van der Waals surface area contributed by atoms with Gasteiger partial charge < -0.3 is 10.2 Å². The third-order valence-electron chi connectivity index (χ3n) is 5.02. The second kappa shape index (κ2) is 9.62. The van der Waals surface area contributed by atoms with Gasteiger partial charge in [-0.15, -0.1) is 23.5 Å². The van der Waals surface area contributed by atoms with Gasteiger partial charge in [0.05, 0.1) is 17.3 Å². The second-order valence-corrected chi connectivity index (χ2v) is 10.2. The van der Waals surface area contributed by atoms with Crippen molar-refractivity contribution in [3.8, 4) is 0 Å². The molecule has 0 atom stereocenters. The van der Waals surface area contributed by atoms with E-state index in [1.54, 1.807) is 6.20 Å². The fraction of sp³-hybridized carbons (Fsp3) is 0.304. The fourth-order valence-corrected chi connectivity index (χ4v) is 6.19. The standard InChI is InChI=1S/C23H26N4OS2/c1-26(2)20-10-4-17(5-11-20)16-27-21(12-13-24-27)25-22(28)18-6-8-19(9-7-18)23-29-14-3-15-30-23/h4-13,23H,3,14-16H2,1-2H3,(H,25,28). The molecule has 4 rings (SSSR count). The van der Waals surface area contributed by atoms with E-state index in [0.29, 0.717) is 22.5 Å². The number of aromatic nitrogens is 2. The van der Waals surface area contributed by atoms with Crippen molar-refractivity contribution in [1.29, 1.82) is 0 Å². The van der Waals surface area contributed by atoms with Crippen LogP contribution in [0.1, 0.15) is 32.5 Å². The van der Waals surface area contributed by atoms with Gasteiger partial charge in [0.25, 0.3) is 5.91 Å². The Labute approximate surface area is 186 Å². The van der Waals surface area contributed by atoms with E-state index >= 15 is 0 Å². The molecule has 1 fully saturated rings. The van der Waals surface area contributed by atoms with Gasteiger partial charge in [-0.2, -0.15) is 5.10 Å². The molecule has 1 N–H and O–H groups in total. The van der Waals surface area contributed by atoms with Crippen molar-refractivity contribution < 1.29 is 4.79 Å². The molecule has 1 aliphatic rings. The lowest BCUT2D eigenvalue weighted by atomic mass is 10.1. The normalized spacial score (nSPS) is 14.5. The Bertz CT molecular complexity index is 977. The molecule has 30 heavy (non-hydrogen) atoms. The van der Waals surface area contributed by atoms with Crippen molar-refractivity contribution in [1.82, 2.24) is 9.78 Å². The van der Waals surface area contributed by atoms with Crippen LogP contribution >= 0.6 is 23.5 Å². The number of nitrogens with zero attached hydrogens (tertiary/aromatic N) is 3. The Morgan fingerprint density at radius 3 is 2.43 bits per heavy atom. The zero-order valence-corrected chi connectivity index (χ0v) is 18.9. The monoisotopic (exact) mass is 438 g/mol. The number of rotatable bonds is 6. The van der Waals surface area contributed by atoms with Crippen molar-refractivity contribution in [3.63, 3.8) is 0 Å². The highest BCUT2D eigenvalue weighted by molar-refractivity contribution is 8.16. The summed E-state index contributed by atoms with van der Waals surface area (Å²) in [4.78, 5) is 14.8. The molecule has 1 aromatic heterocycles. The highest BCUT2D eigenvalue weighted by Crippen LogP contribution is 2.43. The van der Waals surface area contributed by atoms with E-state index in [9.17, 15) is 4.79 Å². The molecule has 1 saturated heterocycles. The highest BCUT2D eigenvalue weighted by Gasteiger charge is 2.17. The van der Waals surface area contributed by atoms with Crippen molar-refractivity contribution in [2.75, 3.05) is 35.8 Å². The molecule has 5 nitrogen and oxygen atoms in total. The quantitative estimate of drug-likeness (QED) is 0.579. The predicted molar refractivity (Wildman–Crippen MR) is 129 cm³/mol. The van der Waals surface area contributed by atoms with Gasteiger partial charge in [-0.05, 0) is 53.3 Å². The predicted octanol–water partition coefficient (Wildman–Crippen LogP) is 5.12. The molecule has 0 radical (unpaired) electrons. The number of thioether (sulfide) groups is 2. The van der Waals surface area contributed by atoms with Gasteiger partial charge in [-0.1, -0.05) is 24.3 Å². The van der Waals surface area contributed by atoms with Crippen LogP contribution in [0.15, 0.2) is 60.8 Å². The molecule has 0 aliphatic carbocycles. The first-order valence-corrected chi connectivity index (χ1v) is 12.1. The van der Waals surface area contributed by atoms with Crippen LogP contribution in [0.2, 0.25) is 0 Å². The van der Waals surface area contributed by atoms with Crippen LogP contribution in [0.5, 0.6) is 0 Å². The average Bonchev–Trinajstić information content (AvgIpc) is 3.21. The molecule has 1 amide bonds. The van der Waals surface area contributed by atoms with Crippen LogP contribution < -0.4 is 10.2 Å². The van der Waals surface area contributed by atoms with E-state index < -0.39 is 0 Å². The van der Waals surface area contributed by atoms with Crippen molar-refractivity contribution >= 4 is 40.9 Å². The van der Waals surface area contributed by atoms with Crippen LogP contribution in [0.3, 0.4) is 0 Å². The number of carbonyl (C=O) groups is 1. The van der Waals surface area contributed by atoms with E-state index in [1.807, 2.05) is 60.5 Å². The van der Waals surface area contributed by atoms with Gasteiger partial charge in [0.1, 0.15) is 5.82 Å². The van der Waals surface area contributed by atoms with Gasteiger partial charge in [-0.25, -0.2) is 4.68 Å². The zero-order valence-electron chi connectivity index (χ0n) is 17.2. The van der Waals surface area contributed by atoms with Crippen LogP contribution in [0.4, 0.5) is 11.5 Å². The molecule has 156 valence electrons. The molecular weight excluding hydrogens is 412 g/mol. The van der Waals surface area contributed by atoms with E-state index in [2.05, 4.69) is 51.7 Å². The Balaban J connectivity index is 1.41. The minimum absolute atomic E-state index is 0.116. The first-order valence-electron chi connectivity index (χ1n) is 10.0. The Kier molecular flexibility index (Phi) is 6.69. The van der Waals surface area contributed by atoms with Gasteiger partial charge in [0.2, 0.25) is 0 Å². The van der Waals surface area contributed by atoms with E-state index in [-0.39, 0.29) is 5.91 Å². The average molecular weight is 439 g/mol. The summed E-state index contributed by atoms with van der Waals surface area (Å²) in [5.74, 6) is 3.00. The Morgan fingerprint density at radius 2 is 1.77 bits per heavy atom. The maximum absolute atomic E-state index is 12.8. The van der Waals surface area contributed by atoms with Crippen molar-refractivity contribution in [2.45, 2.75) is 17.5 Å². The van der Waals surface area contributed by atoms with Crippen molar-refractivity contribution in [2.24, 2.45) is 0 Å². The summed E-state index contributed by atoms with van der Waals surface area (Å²) in [6.45, 7) is 0.603. The number of carbonyl (C=O) groups excluding carboxylic acids is 1. The van der Waals surface area contributed by atoms with Gasteiger partial charge in [-0.3, -0.25) is 4.79 Å². The largest absolute Gasteiger partial charge is 0.378 e. The van der Waals surface area contributed by atoms with E-state index in [0.717, 1.165) is 11.3 Å². The smallest absolute Gasteiger partial charge is 0.256 e. The lowest BCUT2D eigenvalue weighted by molar-refractivity contribution is 0.102. The van der Waals surface area contributed by atoms with Gasteiger partial charge >= 0.3 is 0 Å². The van der Waals surface area contributed by atoms with Crippen LogP contribution in [-0.2, 0) is 6.54 Å². The fourth-order valence-electron chi connectivity index (χ4n) is 3.30.